The topological polar surface area (TPSA) is 82.5 Å². The highest BCUT2D eigenvalue weighted by Gasteiger charge is 2.25. The quantitative estimate of drug-likeness (QED) is 0.512. The summed E-state index contributed by atoms with van der Waals surface area (Å²) in [6, 6.07) is 7.61. The minimum atomic E-state index is -0.231. The molecule has 0 saturated carbocycles. The van der Waals surface area contributed by atoms with E-state index in [-0.39, 0.29) is 23.5 Å². The molecule has 1 unspecified atom stereocenters. The van der Waals surface area contributed by atoms with E-state index >= 15 is 0 Å². The Hall–Kier alpha value is -2.32. The first-order valence-electron chi connectivity index (χ1n) is 10.4. The first-order chi connectivity index (χ1) is 14.6. The Morgan fingerprint density at radius 3 is 3.07 bits per heavy atom. The fraction of sp³-hybridized carbons (Fsp3) is 0.500. The van der Waals surface area contributed by atoms with Crippen LogP contribution in [0.5, 0.6) is 5.75 Å². The van der Waals surface area contributed by atoms with Crippen molar-refractivity contribution in [2.24, 2.45) is 0 Å². The lowest BCUT2D eigenvalue weighted by Crippen LogP contribution is -2.32. The van der Waals surface area contributed by atoms with E-state index in [0.29, 0.717) is 18.1 Å². The van der Waals surface area contributed by atoms with Gasteiger partial charge in [0.25, 0.3) is 0 Å². The number of aromatic nitrogens is 2. The first-order valence-corrected chi connectivity index (χ1v) is 11.4. The molecule has 4 rings (SSSR count). The number of methoxy groups -OCH3 is 1. The average molecular weight is 430 g/mol. The van der Waals surface area contributed by atoms with Crippen LogP contribution in [0.25, 0.3) is 0 Å². The first kappa shape index (κ1) is 20.9. The molecule has 1 fully saturated rings. The molecule has 1 aliphatic carbocycles. The van der Waals surface area contributed by atoms with E-state index in [2.05, 4.69) is 10.3 Å². The Morgan fingerprint density at radius 1 is 1.37 bits per heavy atom. The zero-order valence-electron chi connectivity index (χ0n) is 17.2. The van der Waals surface area contributed by atoms with Crippen LogP contribution in [0.15, 0.2) is 34.1 Å². The third kappa shape index (κ3) is 4.87. The Kier molecular flexibility index (Phi) is 6.74. The Bertz CT molecular complexity index is 969. The number of carbonyl (C=O) groups is 1. The minimum absolute atomic E-state index is 0.0834. The maximum absolute atomic E-state index is 12.7. The largest absolute Gasteiger partial charge is 0.497 e. The zero-order valence-corrected chi connectivity index (χ0v) is 18.0. The van der Waals surface area contributed by atoms with Crippen molar-refractivity contribution in [2.75, 3.05) is 19.5 Å². The molecule has 0 bridgehead atoms. The number of ether oxygens (including phenoxy) is 2. The number of nitrogens with one attached hydrogen (secondary N) is 1. The van der Waals surface area contributed by atoms with Crippen molar-refractivity contribution in [2.45, 2.75) is 56.3 Å². The van der Waals surface area contributed by atoms with E-state index in [1.54, 1.807) is 11.7 Å². The van der Waals surface area contributed by atoms with E-state index in [9.17, 15) is 9.59 Å². The molecule has 1 aliphatic heterocycles. The Balaban J connectivity index is 1.38. The number of thioether (sulfide) groups is 1. The summed E-state index contributed by atoms with van der Waals surface area (Å²) in [5.41, 5.74) is 2.94. The predicted molar refractivity (Wildman–Crippen MR) is 115 cm³/mol. The van der Waals surface area contributed by atoms with Gasteiger partial charge in [-0.25, -0.2) is 4.79 Å². The van der Waals surface area contributed by atoms with Crippen LogP contribution in [0.3, 0.4) is 0 Å². The van der Waals surface area contributed by atoms with Crippen LogP contribution in [-0.2, 0) is 35.5 Å². The maximum Gasteiger partial charge on any atom is 0.348 e. The maximum atomic E-state index is 12.7. The third-order valence-corrected chi connectivity index (χ3v) is 6.59. The summed E-state index contributed by atoms with van der Waals surface area (Å²) in [5, 5.41) is 3.62. The number of rotatable bonds is 8. The molecule has 8 heteroatoms. The van der Waals surface area contributed by atoms with Crippen LogP contribution >= 0.6 is 11.8 Å². The van der Waals surface area contributed by atoms with Gasteiger partial charge in [-0.1, -0.05) is 23.9 Å². The van der Waals surface area contributed by atoms with Gasteiger partial charge in [0, 0.05) is 24.4 Å². The lowest BCUT2D eigenvalue weighted by Gasteiger charge is -2.17. The fourth-order valence-electron chi connectivity index (χ4n) is 4.05. The van der Waals surface area contributed by atoms with E-state index < -0.39 is 0 Å². The predicted octanol–water partition coefficient (Wildman–Crippen LogP) is 2.33. The number of nitrogens with zero attached hydrogens (tertiary/aromatic N) is 2. The van der Waals surface area contributed by atoms with Crippen molar-refractivity contribution >= 4 is 17.7 Å². The summed E-state index contributed by atoms with van der Waals surface area (Å²) in [6.07, 6.45) is 4.95. The number of amides is 1. The molecular weight excluding hydrogens is 402 g/mol. The van der Waals surface area contributed by atoms with Gasteiger partial charge < -0.3 is 14.8 Å². The SMILES string of the molecule is COc1cccc(CNC(=O)CSc2nc(=O)n(CC3CCCO3)c3c2CCC3)c1. The molecule has 30 heavy (non-hydrogen) atoms. The second-order valence-corrected chi connectivity index (χ2v) is 8.60. The molecule has 1 aromatic heterocycles. The molecule has 7 nitrogen and oxygen atoms in total. The molecule has 2 heterocycles. The van der Waals surface area contributed by atoms with Crippen LogP contribution < -0.4 is 15.7 Å². The highest BCUT2D eigenvalue weighted by molar-refractivity contribution is 7.99. The molecule has 2 aromatic rings. The van der Waals surface area contributed by atoms with Crippen molar-refractivity contribution < 1.29 is 14.3 Å². The van der Waals surface area contributed by atoms with Gasteiger partial charge in [0.2, 0.25) is 5.91 Å². The van der Waals surface area contributed by atoms with Crippen molar-refractivity contribution in [3.8, 4) is 5.75 Å². The smallest absolute Gasteiger partial charge is 0.348 e. The van der Waals surface area contributed by atoms with Gasteiger partial charge in [-0.3, -0.25) is 9.36 Å². The van der Waals surface area contributed by atoms with Gasteiger partial charge >= 0.3 is 5.69 Å². The molecule has 1 aromatic carbocycles. The van der Waals surface area contributed by atoms with Gasteiger partial charge in [0.15, 0.2) is 0 Å². The van der Waals surface area contributed by atoms with Gasteiger partial charge in [0.1, 0.15) is 10.8 Å². The van der Waals surface area contributed by atoms with Gasteiger partial charge in [-0.2, -0.15) is 4.98 Å². The van der Waals surface area contributed by atoms with E-state index in [1.165, 1.54) is 11.8 Å². The molecule has 0 radical (unpaired) electrons. The van der Waals surface area contributed by atoms with Crippen molar-refractivity contribution in [3.63, 3.8) is 0 Å². The van der Waals surface area contributed by atoms with Gasteiger partial charge in [0.05, 0.1) is 25.5 Å². The molecule has 2 aliphatic rings. The minimum Gasteiger partial charge on any atom is -0.497 e. The van der Waals surface area contributed by atoms with E-state index in [1.807, 2.05) is 24.3 Å². The van der Waals surface area contributed by atoms with Gasteiger partial charge in [-0.05, 0) is 49.8 Å². The van der Waals surface area contributed by atoms with Crippen LogP contribution in [0, 0.1) is 0 Å². The van der Waals surface area contributed by atoms with E-state index in [0.717, 1.165) is 61.3 Å². The van der Waals surface area contributed by atoms with Crippen LogP contribution in [-0.4, -0.2) is 41.0 Å². The molecule has 160 valence electrons. The number of hydrogen-bond donors (Lipinski definition) is 1. The molecule has 0 spiro atoms. The van der Waals surface area contributed by atoms with Crippen LogP contribution in [0.2, 0.25) is 0 Å². The zero-order chi connectivity index (χ0) is 20.9. The van der Waals surface area contributed by atoms with Crippen molar-refractivity contribution in [3.05, 3.63) is 51.6 Å². The number of fused-ring (bicyclic) bond motifs is 1. The van der Waals surface area contributed by atoms with E-state index in [4.69, 9.17) is 9.47 Å². The normalized spacial score (nSPS) is 17.7. The summed E-state index contributed by atoms with van der Waals surface area (Å²) < 4.78 is 12.7. The molecular formula is C22H27N3O4S. The Labute approximate surface area is 180 Å². The lowest BCUT2D eigenvalue weighted by atomic mass is 10.2. The highest BCUT2D eigenvalue weighted by atomic mass is 32.2. The number of hydrogen-bond acceptors (Lipinski definition) is 6. The third-order valence-electron chi connectivity index (χ3n) is 5.57. The average Bonchev–Trinajstić information content (AvgIpc) is 3.45. The fourth-order valence-corrected chi connectivity index (χ4v) is 4.96. The highest BCUT2D eigenvalue weighted by Crippen LogP contribution is 2.29. The van der Waals surface area contributed by atoms with Crippen LogP contribution in [0.1, 0.15) is 36.1 Å². The molecule has 1 N–H and O–H groups in total. The Morgan fingerprint density at radius 2 is 2.27 bits per heavy atom. The molecule has 1 saturated heterocycles. The summed E-state index contributed by atoms with van der Waals surface area (Å²) in [7, 11) is 1.62. The molecule has 1 atom stereocenters. The summed E-state index contributed by atoms with van der Waals surface area (Å²) in [4.78, 5) is 29.3. The second kappa shape index (κ2) is 9.66. The van der Waals surface area contributed by atoms with Crippen LogP contribution in [0.4, 0.5) is 0 Å². The summed E-state index contributed by atoms with van der Waals surface area (Å²) in [5.74, 6) is 0.915. The van der Waals surface area contributed by atoms with Crippen molar-refractivity contribution in [1.29, 1.82) is 0 Å². The number of benzene rings is 1. The van der Waals surface area contributed by atoms with Crippen molar-refractivity contribution in [1.82, 2.24) is 14.9 Å². The molecule has 1 amide bonds. The second-order valence-electron chi connectivity index (χ2n) is 7.64. The summed E-state index contributed by atoms with van der Waals surface area (Å²) in [6.45, 7) is 1.79. The number of carbonyl (C=O) groups excluding carboxylic acids is 1. The summed E-state index contributed by atoms with van der Waals surface area (Å²) >= 11 is 1.35. The lowest BCUT2D eigenvalue weighted by molar-refractivity contribution is -0.118. The standard InChI is InChI=1S/C22H27N3O4S/c1-28-16-6-2-5-15(11-16)12-23-20(26)14-30-21-18-8-3-9-19(18)25(22(27)24-21)13-17-7-4-10-29-17/h2,5-6,11,17H,3-4,7-10,12-14H2,1H3,(H,23,26). The monoisotopic (exact) mass is 429 g/mol. The van der Waals surface area contributed by atoms with Gasteiger partial charge in [-0.15, -0.1) is 0 Å².